The van der Waals surface area contributed by atoms with E-state index in [4.69, 9.17) is 4.42 Å². The summed E-state index contributed by atoms with van der Waals surface area (Å²) in [7, 11) is 0. The predicted molar refractivity (Wildman–Crippen MR) is 63.3 cm³/mol. The van der Waals surface area contributed by atoms with Crippen LogP contribution in [0, 0.1) is 13.8 Å². The Morgan fingerprint density at radius 2 is 2.21 bits per heavy atom. The van der Waals surface area contributed by atoms with Gasteiger partial charge in [0.25, 0.3) is 0 Å². The molecule has 2 aromatic rings. The summed E-state index contributed by atoms with van der Waals surface area (Å²) >= 11 is 5.47. The highest BCUT2D eigenvalue weighted by Crippen LogP contribution is 2.36. The molecule has 0 amide bonds. The van der Waals surface area contributed by atoms with Crippen LogP contribution < -0.4 is 0 Å². The van der Waals surface area contributed by atoms with E-state index >= 15 is 0 Å². The standard InChI is InChI=1S/C11H11BrOS/c1-7-6-9(8(2)14-7)11(12)10-4-3-5-13-10/h3-6,11H,1-2H3. The van der Waals surface area contributed by atoms with Gasteiger partial charge in [0.05, 0.1) is 11.1 Å². The van der Waals surface area contributed by atoms with Crippen LogP contribution in [0.25, 0.3) is 0 Å². The minimum Gasteiger partial charge on any atom is -0.468 e. The molecule has 1 atom stereocenters. The topological polar surface area (TPSA) is 13.1 Å². The summed E-state index contributed by atoms with van der Waals surface area (Å²) in [6, 6.07) is 6.12. The first-order valence-corrected chi connectivity index (χ1v) is 6.16. The van der Waals surface area contributed by atoms with Gasteiger partial charge in [-0.3, -0.25) is 0 Å². The highest BCUT2D eigenvalue weighted by molar-refractivity contribution is 9.09. The summed E-state index contributed by atoms with van der Waals surface area (Å²) in [6.07, 6.45) is 1.71. The van der Waals surface area contributed by atoms with Crippen LogP contribution in [0.3, 0.4) is 0 Å². The summed E-state index contributed by atoms with van der Waals surface area (Å²) in [6.45, 7) is 4.27. The van der Waals surface area contributed by atoms with E-state index in [1.165, 1.54) is 15.3 Å². The Balaban J connectivity index is 2.36. The molecule has 0 aliphatic carbocycles. The average molecular weight is 271 g/mol. The number of halogens is 1. The van der Waals surface area contributed by atoms with Crippen molar-refractivity contribution < 1.29 is 4.42 Å². The molecular weight excluding hydrogens is 260 g/mol. The summed E-state index contributed by atoms with van der Waals surface area (Å²) in [5, 5.41) is 0. The van der Waals surface area contributed by atoms with Crippen molar-refractivity contribution in [1.82, 2.24) is 0 Å². The van der Waals surface area contributed by atoms with Crippen molar-refractivity contribution in [2.24, 2.45) is 0 Å². The Hall–Kier alpha value is -0.540. The van der Waals surface area contributed by atoms with E-state index in [1.54, 1.807) is 6.26 Å². The molecule has 0 radical (unpaired) electrons. The molecule has 0 spiro atoms. The minimum absolute atomic E-state index is 0.183. The molecule has 0 aromatic carbocycles. The fourth-order valence-electron chi connectivity index (χ4n) is 1.49. The second kappa shape index (κ2) is 3.91. The first-order valence-electron chi connectivity index (χ1n) is 4.43. The number of hydrogen-bond acceptors (Lipinski definition) is 2. The molecule has 0 aliphatic heterocycles. The molecule has 0 N–H and O–H groups in total. The normalized spacial score (nSPS) is 13.1. The SMILES string of the molecule is Cc1cc(C(Br)c2ccco2)c(C)s1. The lowest BCUT2D eigenvalue weighted by Crippen LogP contribution is -1.89. The van der Waals surface area contributed by atoms with Gasteiger partial charge in [-0.05, 0) is 37.6 Å². The van der Waals surface area contributed by atoms with Crippen molar-refractivity contribution in [2.75, 3.05) is 0 Å². The monoisotopic (exact) mass is 270 g/mol. The zero-order valence-electron chi connectivity index (χ0n) is 8.08. The van der Waals surface area contributed by atoms with Crippen molar-refractivity contribution in [3.05, 3.63) is 45.5 Å². The van der Waals surface area contributed by atoms with Gasteiger partial charge in [-0.25, -0.2) is 0 Å². The molecule has 2 heterocycles. The molecule has 74 valence electrons. The van der Waals surface area contributed by atoms with E-state index in [2.05, 4.69) is 35.8 Å². The van der Waals surface area contributed by atoms with Crippen LogP contribution in [0.5, 0.6) is 0 Å². The lowest BCUT2D eigenvalue weighted by Gasteiger charge is -2.05. The van der Waals surface area contributed by atoms with Gasteiger partial charge < -0.3 is 4.42 Å². The van der Waals surface area contributed by atoms with Crippen LogP contribution in [-0.4, -0.2) is 0 Å². The molecule has 0 bridgehead atoms. The van der Waals surface area contributed by atoms with Crippen LogP contribution >= 0.6 is 27.3 Å². The van der Waals surface area contributed by atoms with Crippen LogP contribution in [0.4, 0.5) is 0 Å². The van der Waals surface area contributed by atoms with Gasteiger partial charge in [-0.1, -0.05) is 15.9 Å². The number of alkyl halides is 1. The third-order valence-electron chi connectivity index (χ3n) is 2.15. The molecule has 0 aliphatic rings. The number of hydrogen-bond donors (Lipinski definition) is 0. The largest absolute Gasteiger partial charge is 0.468 e. The maximum Gasteiger partial charge on any atom is 0.121 e. The first kappa shape index (κ1) is 9.99. The Labute approximate surface area is 95.9 Å². The minimum atomic E-state index is 0.183. The molecule has 3 heteroatoms. The molecule has 0 saturated heterocycles. The van der Waals surface area contributed by atoms with E-state index < -0.39 is 0 Å². The van der Waals surface area contributed by atoms with E-state index in [9.17, 15) is 0 Å². The smallest absolute Gasteiger partial charge is 0.121 e. The second-order valence-corrected chi connectivity index (χ2v) is 5.62. The van der Waals surface area contributed by atoms with Crippen molar-refractivity contribution in [1.29, 1.82) is 0 Å². The maximum atomic E-state index is 5.37. The summed E-state index contributed by atoms with van der Waals surface area (Å²) < 4.78 is 5.37. The zero-order valence-corrected chi connectivity index (χ0v) is 10.5. The van der Waals surface area contributed by atoms with Crippen molar-refractivity contribution >= 4 is 27.3 Å². The molecule has 0 fully saturated rings. The Kier molecular flexibility index (Phi) is 2.79. The first-order chi connectivity index (χ1) is 6.68. The lowest BCUT2D eigenvalue weighted by molar-refractivity contribution is 0.519. The number of thiophene rings is 1. The van der Waals surface area contributed by atoms with Gasteiger partial charge in [-0.2, -0.15) is 0 Å². The quantitative estimate of drug-likeness (QED) is 0.736. The highest BCUT2D eigenvalue weighted by Gasteiger charge is 2.16. The number of rotatable bonds is 2. The van der Waals surface area contributed by atoms with Crippen molar-refractivity contribution in [3.63, 3.8) is 0 Å². The lowest BCUT2D eigenvalue weighted by atomic mass is 10.1. The van der Waals surface area contributed by atoms with Crippen LogP contribution in [0.1, 0.15) is 25.9 Å². The molecular formula is C11H11BrOS. The third-order valence-corrected chi connectivity index (χ3v) is 4.07. The van der Waals surface area contributed by atoms with E-state index in [-0.39, 0.29) is 4.83 Å². The van der Waals surface area contributed by atoms with Gasteiger partial charge in [-0.15, -0.1) is 11.3 Å². The summed E-state index contributed by atoms with van der Waals surface area (Å²) in [5.74, 6) is 0.964. The summed E-state index contributed by atoms with van der Waals surface area (Å²) in [5.41, 5.74) is 1.31. The van der Waals surface area contributed by atoms with E-state index in [0.29, 0.717) is 0 Å². The van der Waals surface area contributed by atoms with Crippen LogP contribution in [0.15, 0.2) is 28.9 Å². The number of furan rings is 1. The third kappa shape index (κ3) is 1.79. The van der Waals surface area contributed by atoms with Crippen LogP contribution in [-0.2, 0) is 0 Å². The maximum absolute atomic E-state index is 5.37. The van der Waals surface area contributed by atoms with Gasteiger partial charge in [0, 0.05) is 9.75 Å². The predicted octanol–water partition coefficient (Wildman–Crippen LogP) is 4.44. The zero-order chi connectivity index (χ0) is 10.1. The van der Waals surface area contributed by atoms with Gasteiger partial charge >= 0.3 is 0 Å². The fraction of sp³-hybridized carbons (Fsp3) is 0.273. The molecule has 2 rings (SSSR count). The number of aryl methyl sites for hydroxylation is 2. The Morgan fingerprint density at radius 3 is 2.71 bits per heavy atom. The van der Waals surface area contributed by atoms with E-state index in [0.717, 1.165) is 5.76 Å². The fourth-order valence-corrected chi connectivity index (χ4v) is 3.34. The summed E-state index contributed by atoms with van der Waals surface area (Å²) in [4.78, 5) is 2.87. The Morgan fingerprint density at radius 1 is 1.43 bits per heavy atom. The molecule has 1 nitrogen and oxygen atoms in total. The highest BCUT2D eigenvalue weighted by atomic mass is 79.9. The van der Waals surface area contributed by atoms with Gasteiger partial charge in [0.15, 0.2) is 0 Å². The van der Waals surface area contributed by atoms with Gasteiger partial charge in [0.2, 0.25) is 0 Å². The molecule has 1 unspecified atom stereocenters. The molecule has 14 heavy (non-hydrogen) atoms. The van der Waals surface area contributed by atoms with Crippen molar-refractivity contribution in [3.8, 4) is 0 Å². The Bertz CT molecular complexity index is 416. The van der Waals surface area contributed by atoms with E-state index in [1.807, 2.05) is 23.5 Å². The average Bonchev–Trinajstić information content (AvgIpc) is 2.73. The van der Waals surface area contributed by atoms with Gasteiger partial charge in [0.1, 0.15) is 5.76 Å². The second-order valence-electron chi connectivity index (χ2n) is 3.25. The van der Waals surface area contributed by atoms with Crippen molar-refractivity contribution in [2.45, 2.75) is 18.7 Å². The van der Waals surface area contributed by atoms with Crippen LogP contribution in [0.2, 0.25) is 0 Å². The molecule has 0 saturated carbocycles. The molecule has 2 aromatic heterocycles.